The molecule has 7 nitrogen and oxygen atoms in total. The van der Waals surface area contributed by atoms with Crippen LogP contribution >= 0.6 is 11.8 Å². The van der Waals surface area contributed by atoms with Crippen molar-refractivity contribution in [2.24, 2.45) is 7.05 Å². The van der Waals surface area contributed by atoms with Gasteiger partial charge >= 0.3 is 5.69 Å². The van der Waals surface area contributed by atoms with Gasteiger partial charge in [-0.1, -0.05) is 25.1 Å². The average molecular weight is 383 g/mol. The monoisotopic (exact) mass is 383 g/mol. The number of benzene rings is 1. The lowest BCUT2D eigenvalue weighted by molar-refractivity contribution is 0.0949. The third-order valence-corrected chi connectivity index (χ3v) is 4.93. The van der Waals surface area contributed by atoms with Gasteiger partial charge in [-0.2, -0.15) is 0 Å². The number of nitrogens with one attached hydrogen (secondary N) is 1. The molecule has 1 amide bonds. The Morgan fingerprint density at radius 1 is 1.19 bits per heavy atom. The van der Waals surface area contributed by atoms with E-state index in [9.17, 15) is 9.59 Å². The van der Waals surface area contributed by atoms with Crippen LogP contribution in [0.2, 0.25) is 0 Å². The quantitative estimate of drug-likeness (QED) is 0.633. The molecular formula is C19H21N5O2S. The minimum Gasteiger partial charge on any atom is -0.350 e. The highest BCUT2D eigenvalue weighted by molar-refractivity contribution is 7.99. The first-order valence-electron chi connectivity index (χ1n) is 8.67. The van der Waals surface area contributed by atoms with E-state index in [-0.39, 0.29) is 18.1 Å². The summed E-state index contributed by atoms with van der Waals surface area (Å²) in [4.78, 5) is 30.0. The molecule has 3 rings (SSSR count). The summed E-state index contributed by atoms with van der Waals surface area (Å²) in [5.74, 6) is 1.24. The molecule has 140 valence electrons. The third kappa shape index (κ3) is 4.28. The average Bonchev–Trinajstić information content (AvgIpc) is 2.98. The Hall–Kier alpha value is -2.87. The lowest BCUT2D eigenvalue weighted by atomic mass is 10.2. The van der Waals surface area contributed by atoms with Gasteiger partial charge in [0.15, 0.2) is 5.82 Å². The first kappa shape index (κ1) is 18.9. The number of nitrogens with zero attached hydrogens (tertiary/aromatic N) is 4. The number of amides is 1. The predicted molar refractivity (Wildman–Crippen MR) is 106 cm³/mol. The van der Waals surface area contributed by atoms with Crippen molar-refractivity contribution in [2.45, 2.75) is 18.4 Å². The van der Waals surface area contributed by atoms with Gasteiger partial charge in [-0.25, -0.2) is 9.48 Å². The van der Waals surface area contributed by atoms with Gasteiger partial charge in [-0.05, 0) is 30.0 Å². The van der Waals surface area contributed by atoms with E-state index in [0.717, 1.165) is 10.6 Å². The van der Waals surface area contributed by atoms with Crippen LogP contribution in [-0.2, 0) is 13.6 Å². The highest BCUT2D eigenvalue weighted by Crippen LogP contribution is 2.22. The highest BCUT2D eigenvalue weighted by Gasteiger charge is 2.14. The molecule has 0 spiro atoms. The molecule has 0 saturated carbocycles. The van der Waals surface area contributed by atoms with Crippen molar-refractivity contribution in [1.29, 1.82) is 0 Å². The minimum absolute atomic E-state index is 0.152. The van der Waals surface area contributed by atoms with Crippen LogP contribution in [0, 0.1) is 0 Å². The van der Waals surface area contributed by atoms with Crippen molar-refractivity contribution in [2.75, 3.05) is 12.3 Å². The van der Waals surface area contributed by atoms with E-state index >= 15 is 0 Å². The van der Waals surface area contributed by atoms with Gasteiger partial charge in [-0.3, -0.25) is 14.3 Å². The number of pyridine rings is 1. The summed E-state index contributed by atoms with van der Waals surface area (Å²) in [5.41, 5.74) is 1.03. The maximum Gasteiger partial charge on any atom is 0.346 e. The number of hydrogen-bond acceptors (Lipinski definition) is 5. The summed E-state index contributed by atoms with van der Waals surface area (Å²) in [6.07, 6.45) is 1.66. The summed E-state index contributed by atoms with van der Waals surface area (Å²) in [5, 5.41) is 7.21. The topological polar surface area (TPSA) is 81.8 Å². The van der Waals surface area contributed by atoms with Crippen LogP contribution in [0.4, 0.5) is 0 Å². The highest BCUT2D eigenvalue weighted by atomic mass is 32.2. The van der Waals surface area contributed by atoms with E-state index in [1.165, 1.54) is 9.25 Å². The Balaban J connectivity index is 1.68. The van der Waals surface area contributed by atoms with Gasteiger partial charge in [0.25, 0.3) is 5.91 Å². The fourth-order valence-electron chi connectivity index (χ4n) is 2.66. The Kier molecular flexibility index (Phi) is 6.08. The summed E-state index contributed by atoms with van der Waals surface area (Å²) in [6, 6.07) is 13.0. The first-order valence-corrected chi connectivity index (χ1v) is 9.65. The predicted octanol–water partition coefficient (Wildman–Crippen LogP) is 2.19. The van der Waals surface area contributed by atoms with E-state index in [0.29, 0.717) is 23.6 Å². The molecular weight excluding hydrogens is 362 g/mol. The number of hydrogen-bond donors (Lipinski definition) is 1. The molecule has 0 atom stereocenters. The molecule has 0 aliphatic rings. The van der Waals surface area contributed by atoms with E-state index < -0.39 is 0 Å². The van der Waals surface area contributed by atoms with E-state index in [1.54, 1.807) is 37.1 Å². The Labute approximate surface area is 161 Å². The van der Waals surface area contributed by atoms with Crippen molar-refractivity contribution in [3.05, 3.63) is 64.7 Å². The maximum atomic E-state index is 12.5. The summed E-state index contributed by atoms with van der Waals surface area (Å²) < 4.78 is 2.80. The van der Waals surface area contributed by atoms with Crippen LogP contribution in [0.5, 0.6) is 0 Å². The number of carbonyl (C=O) groups is 1. The third-order valence-electron chi connectivity index (χ3n) is 3.98. The van der Waals surface area contributed by atoms with Gasteiger partial charge in [0.2, 0.25) is 0 Å². The number of carbonyl (C=O) groups excluding carboxylic acids is 1. The lowest BCUT2D eigenvalue weighted by Gasteiger charge is -2.09. The standard InChI is InChI=1S/C19H21N5O2S/c1-3-27-16-10-5-4-8-14(16)18(25)21-12-13-24-19(26)23(2)17(22-24)15-9-6-7-11-20-15/h4-11H,3,12-13H2,1-2H3,(H,21,25). The summed E-state index contributed by atoms with van der Waals surface area (Å²) in [7, 11) is 1.66. The molecule has 0 aliphatic heterocycles. The Morgan fingerprint density at radius 3 is 2.70 bits per heavy atom. The van der Waals surface area contributed by atoms with Crippen LogP contribution in [0.3, 0.4) is 0 Å². The molecule has 27 heavy (non-hydrogen) atoms. The molecule has 3 aromatic rings. The molecule has 1 N–H and O–H groups in total. The van der Waals surface area contributed by atoms with Gasteiger partial charge in [0, 0.05) is 24.7 Å². The maximum absolute atomic E-state index is 12.5. The zero-order valence-electron chi connectivity index (χ0n) is 15.3. The van der Waals surface area contributed by atoms with Crippen LogP contribution in [0.25, 0.3) is 11.5 Å². The van der Waals surface area contributed by atoms with Gasteiger partial charge in [-0.15, -0.1) is 16.9 Å². The molecule has 0 saturated heterocycles. The van der Waals surface area contributed by atoms with Crippen molar-refractivity contribution in [3.63, 3.8) is 0 Å². The fraction of sp³-hybridized carbons (Fsp3) is 0.263. The van der Waals surface area contributed by atoms with Crippen molar-refractivity contribution < 1.29 is 4.79 Å². The summed E-state index contributed by atoms with van der Waals surface area (Å²) in [6.45, 7) is 2.64. The van der Waals surface area contributed by atoms with Crippen LogP contribution < -0.4 is 11.0 Å². The van der Waals surface area contributed by atoms with Crippen molar-refractivity contribution in [3.8, 4) is 11.5 Å². The van der Waals surface area contributed by atoms with E-state index in [1.807, 2.05) is 37.3 Å². The zero-order chi connectivity index (χ0) is 19.2. The normalized spacial score (nSPS) is 10.7. The van der Waals surface area contributed by atoms with E-state index in [2.05, 4.69) is 15.4 Å². The molecule has 1 aromatic carbocycles. The van der Waals surface area contributed by atoms with E-state index in [4.69, 9.17) is 0 Å². The molecule has 2 aromatic heterocycles. The molecule has 0 bridgehead atoms. The lowest BCUT2D eigenvalue weighted by Crippen LogP contribution is -2.32. The van der Waals surface area contributed by atoms with Crippen molar-refractivity contribution in [1.82, 2.24) is 24.6 Å². The number of rotatable bonds is 7. The van der Waals surface area contributed by atoms with Gasteiger partial charge in [0.1, 0.15) is 5.69 Å². The molecule has 0 fully saturated rings. The van der Waals surface area contributed by atoms with Gasteiger partial charge < -0.3 is 5.32 Å². The SMILES string of the molecule is CCSc1ccccc1C(=O)NCCn1nc(-c2ccccn2)n(C)c1=O. The Morgan fingerprint density at radius 2 is 1.96 bits per heavy atom. The second-order valence-corrected chi connectivity index (χ2v) is 7.09. The second-order valence-electron chi connectivity index (χ2n) is 5.79. The fourth-order valence-corrected chi connectivity index (χ4v) is 3.46. The summed E-state index contributed by atoms with van der Waals surface area (Å²) >= 11 is 1.63. The molecule has 0 radical (unpaired) electrons. The van der Waals surface area contributed by atoms with Crippen LogP contribution in [-0.4, -0.2) is 37.5 Å². The minimum atomic E-state index is -0.244. The Bertz CT molecular complexity index is 981. The largest absolute Gasteiger partial charge is 0.350 e. The molecule has 0 unspecified atom stereocenters. The molecule has 2 heterocycles. The first-order chi connectivity index (χ1) is 13.1. The van der Waals surface area contributed by atoms with Gasteiger partial charge in [0.05, 0.1) is 12.1 Å². The van der Waals surface area contributed by atoms with Crippen LogP contribution in [0.15, 0.2) is 58.4 Å². The molecule has 8 heteroatoms. The smallest absolute Gasteiger partial charge is 0.346 e. The second kappa shape index (κ2) is 8.68. The molecule has 0 aliphatic carbocycles. The zero-order valence-corrected chi connectivity index (χ0v) is 16.1. The number of thioether (sulfide) groups is 1. The number of aromatic nitrogens is 4. The van der Waals surface area contributed by atoms with Crippen molar-refractivity contribution >= 4 is 17.7 Å². The van der Waals surface area contributed by atoms with Crippen LogP contribution in [0.1, 0.15) is 17.3 Å².